The van der Waals surface area contributed by atoms with Crippen molar-refractivity contribution in [2.75, 3.05) is 38.3 Å². The molecule has 5 aliphatic rings. The van der Waals surface area contributed by atoms with Crippen LogP contribution in [0.15, 0.2) is 128 Å². The van der Waals surface area contributed by atoms with Crippen molar-refractivity contribution < 1.29 is 77.2 Å². The summed E-state index contributed by atoms with van der Waals surface area (Å²) in [6.07, 6.45) is 3.19. The van der Waals surface area contributed by atoms with E-state index >= 15 is 0 Å². The zero-order valence-corrected chi connectivity index (χ0v) is 50.7. The molecule has 7 amide bonds. The van der Waals surface area contributed by atoms with Crippen LogP contribution in [0.1, 0.15) is 84.6 Å². The number of Topliss-reactive ketones (excluding diaryl/α,β-unsaturated/α-hetero) is 1. The van der Waals surface area contributed by atoms with Crippen molar-refractivity contribution in [1.82, 2.24) is 26.2 Å². The summed E-state index contributed by atoms with van der Waals surface area (Å²) in [5.74, 6) is -7.67. The molecule has 0 aromatic heterocycles. The van der Waals surface area contributed by atoms with E-state index in [1.807, 2.05) is 32.9 Å². The number of fused-ring (bicyclic) bond motifs is 5. The number of alkyl carbamates (subject to hydrolysis) is 1. The fraction of sp³-hybridized carbons (Fsp3) is 0.435. The molecule has 3 fully saturated rings. The number of rotatable bonds is 26. The van der Waals surface area contributed by atoms with Crippen molar-refractivity contribution in [2.45, 2.75) is 118 Å². The minimum absolute atomic E-state index is 0.0123. The summed E-state index contributed by atoms with van der Waals surface area (Å²) in [6.45, 7) is 4.55. The minimum atomic E-state index is -1.70. The number of allylic oxidation sites excluding steroid dienone is 4. The van der Waals surface area contributed by atoms with Gasteiger partial charge in [0.15, 0.2) is 11.4 Å². The van der Waals surface area contributed by atoms with E-state index in [0.29, 0.717) is 24.8 Å². The average Bonchev–Trinajstić information content (AvgIpc) is 1.64. The molecule has 0 saturated heterocycles. The monoisotopic (exact) mass is 1250 g/mol. The van der Waals surface area contributed by atoms with Gasteiger partial charge in [-0.1, -0.05) is 111 Å². The summed E-state index contributed by atoms with van der Waals surface area (Å²) in [7, 11) is 0. The van der Waals surface area contributed by atoms with Gasteiger partial charge in [0.2, 0.25) is 29.4 Å². The number of carbonyl (C=O) groups is 11. The van der Waals surface area contributed by atoms with Crippen LogP contribution in [-0.4, -0.2) is 136 Å². The first-order valence-corrected chi connectivity index (χ1v) is 30.5. The van der Waals surface area contributed by atoms with Crippen molar-refractivity contribution >= 4 is 106 Å². The molecule has 1 aliphatic heterocycles. The molecule has 0 spiro atoms. The highest BCUT2D eigenvalue weighted by molar-refractivity contribution is 8.08. The fourth-order valence-electron chi connectivity index (χ4n) is 12.8. The molecule has 3 aromatic carbocycles. The standard InChI is InChI=1S/C62H69ClN6O16S2/c1-5-52(78)85-62(36(2)28-44-43-21-18-38-29-40(70)24-26-59(38,3)61(43,63)46(71)30-60(44,62)4)47(72)34-83-35-66-49(74)31-65-58(82)84-33-37-16-19-39(20-17-37)67-55(79)45(22-23-51(76)77)68-50(75)32-64-48(73)25-27-69-56(80)53(86-41-12-8-6-9-13-41)54(57(69)81)87-42-14-10-7-11-15-42/h6-17,19-20,24,26,29,36,43-46,71H,5,18,21-23,25,27-28,30-35H2,1-4H3,(H,64,73)(H,65,82)(H,66,74)(H,67,79)(H,68,75)(H,76,77)/t36-,43-,44?,45-,46-,59-,60-,61-,62-/m0/s1. The number of halogens is 1. The molecule has 0 radical (unpaired) electrons. The first kappa shape index (κ1) is 65.3. The summed E-state index contributed by atoms with van der Waals surface area (Å²) in [6, 6.07) is 22.7. The first-order valence-electron chi connectivity index (χ1n) is 28.5. The van der Waals surface area contributed by atoms with Crippen molar-refractivity contribution in [3.05, 3.63) is 124 Å². The van der Waals surface area contributed by atoms with Gasteiger partial charge in [0, 0.05) is 58.0 Å². The maximum absolute atomic E-state index is 14.5. The lowest BCUT2D eigenvalue weighted by Gasteiger charge is -2.64. The number of nitrogens with one attached hydrogen (secondary N) is 5. The molecule has 462 valence electrons. The second-order valence-corrected chi connectivity index (χ2v) is 25.2. The molecule has 4 aliphatic carbocycles. The van der Waals surface area contributed by atoms with Crippen LogP contribution < -0.4 is 26.6 Å². The number of carboxylic acid groups (broad SMARTS) is 1. The normalized spacial score (nSPS) is 25.7. The second-order valence-electron chi connectivity index (χ2n) is 22.4. The predicted molar refractivity (Wildman–Crippen MR) is 319 cm³/mol. The number of thioether (sulfide) groups is 2. The molecular weight excluding hydrogens is 1180 g/mol. The Morgan fingerprint density at radius 3 is 2.06 bits per heavy atom. The Bertz CT molecular complexity index is 3230. The van der Waals surface area contributed by atoms with E-state index in [-0.39, 0.29) is 72.0 Å². The van der Waals surface area contributed by atoms with Gasteiger partial charge in [-0.3, -0.25) is 52.8 Å². The predicted octanol–water partition coefficient (Wildman–Crippen LogP) is 6.11. The molecule has 0 bridgehead atoms. The lowest BCUT2D eigenvalue weighted by Crippen LogP contribution is -2.69. The third kappa shape index (κ3) is 14.2. The van der Waals surface area contributed by atoms with Crippen LogP contribution in [0.25, 0.3) is 0 Å². The van der Waals surface area contributed by atoms with E-state index < -0.39 is 131 Å². The number of nitrogens with zero attached hydrogens (tertiary/aromatic N) is 1. The quantitative estimate of drug-likeness (QED) is 0.0157. The van der Waals surface area contributed by atoms with Crippen molar-refractivity contribution in [2.24, 2.45) is 28.6 Å². The van der Waals surface area contributed by atoms with Gasteiger partial charge in [-0.05, 0) is 98.1 Å². The SMILES string of the molecule is CCC(=O)O[C@]1(C(=O)COCNC(=O)CNC(=O)OCc2ccc(NC(=O)[C@H](CCC(=O)O)NC(=O)CNC(=O)CCN3C(=O)C(Sc4ccccc4)=C(Sc4ccccc4)C3=O)cc2)[C@@H](C)CC2[C@@H]3CCC4=CC(=O)C=C[C@]4(C)[C@@]3(Cl)[C@@H](O)C[C@@]21C. The summed E-state index contributed by atoms with van der Waals surface area (Å²) >= 11 is 9.89. The van der Waals surface area contributed by atoms with Crippen LogP contribution in [0.2, 0.25) is 0 Å². The number of esters is 1. The third-order valence-corrected chi connectivity index (χ3v) is 20.3. The Kier molecular flexibility index (Phi) is 21.0. The van der Waals surface area contributed by atoms with Gasteiger partial charge in [-0.15, -0.1) is 11.6 Å². The molecule has 87 heavy (non-hydrogen) atoms. The van der Waals surface area contributed by atoms with Crippen LogP contribution in [0.5, 0.6) is 0 Å². The number of carboxylic acids is 1. The van der Waals surface area contributed by atoms with E-state index in [0.717, 1.165) is 43.8 Å². The number of carbonyl (C=O) groups excluding carboxylic acids is 10. The third-order valence-electron chi connectivity index (χ3n) is 17.1. The van der Waals surface area contributed by atoms with Crippen LogP contribution in [0, 0.1) is 28.6 Å². The van der Waals surface area contributed by atoms with Crippen molar-refractivity contribution in [3.8, 4) is 0 Å². The molecular formula is C62H69ClN6O16S2. The molecule has 22 nitrogen and oxygen atoms in total. The number of ketones is 2. The largest absolute Gasteiger partial charge is 0.481 e. The number of aliphatic carboxylic acids is 1. The minimum Gasteiger partial charge on any atom is -0.481 e. The van der Waals surface area contributed by atoms with E-state index in [2.05, 4.69) is 26.6 Å². The maximum atomic E-state index is 14.5. The van der Waals surface area contributed by atoms with Gasteiger partial charge in [0.25, 0.3) is 11.8 Å². The van der Waals surface area contributed by atoms with Gasteiger partial charge in [0.1, 0.15) is 32.5 Å². The molecule has 1 unspecified atom stereocenters. The fourth-order valence-corrected chi connectivity index (χ4v) is 15.3. The number of imide groups is 1. The Labute approximate surface area is 515 Å². The van der Waals surface area contributed by atoms with E-state index in [9.17, 15) is 63.0 Å². The van der Waals surface area contributed by atoms with Crippen LogP contribution >= 0.6 is 35.1 Å². The highest BCUT2D eigenvalue weighted by Gasteiger charge is 2.76. The van der Waals surface area contributed by atoms with Crippen molar-refractivity contribution in [3.63, 3.8) is 0 Å². The number of hydrogen-bond acceptors (Lipinski definition) is 17. The van der Waals surface area contributed by atoms with Gasteiger partial charge < -0.3 is 51.0 Å². The zero-order valence-electron chi connectivity index (χ0n) is 48.4. The molecule has 8 rings (SSSR count). The van der Waals surface area contributed by atoms with E-state index in [4.69, 9.17) is 25.8 Å². The van der Waals surface area contributed by atoms with Crippen LogP contribution in [-0.2, 0) is 68.8 Å². The van der Waals surface area contributed by atoms with Crippen molar-refractivity contribution in [1.29, 1.82) is 0 Å². The Morgan fingerprint density at radius 2 is 1.44 bits per heavy atom. The topological polar surface area (TPSA) is 319 Å². The van der Waals surface area contributed by atoms with E-state index in [1.54, 1.807) is 67.6 Å². The smallest absolute Gasteiger partial charge is 0.407 e. The van der Waals surface area contributed by atoms with Crippen LogP contribution in [0.4, 0.5) is 10.5 Å². The summed E-state index contributed by atoms with van der Waals surface area (Å²) < 4.78 is 17.1. The lowest BCUT2D eigenvalue weighted by molar-refractivity contribution is -0.203. The highest BCUT2D eigenvalue weighted by Crippen LogP contribution is 2.72. The number of hydrogen-bond donors (Lipinski definition) is 7. The molecule has 7 N–H and O–H groups in total. The summed E-state index contributed by atoms with van der Waals surface area (Å²) in [5, 5.41) is 33.7. The Morgan fingerprint density at radius 1 is 0.805 bits per heavy atom. The van der Waals surface area contributed by atoms with Gasteiger partial charge >= 0.3 is 18.0 Å². The maximum Gasteiger partial charge on any atom is 0.407 e. The molecule has 3 aromatic rings. The van der Waals surface area contributed by atoms with E-state index in [1.165, 1.54) is 30.3 Å². The number of aliphatic hydroxyl groups is 1. The molecule has 25 heteroatoms. The number of aliphatic hydroxyl groups excluding tert-OH is 1. The Hall–Kier alpha value is -7.64. The zero-order chi connectivity index (χ0) is 62.8. The number of amides is 7. The summed E-state index contributed by atoms with van der Waals surface area (Å²) in [4.78, 5) is 145. The Balaban J connectivity index is 0.757. The highest BCUT2D eigenvalue weighted by atomic mass is 35.5. The molecule has 9 atom stereocenters. The van der Waals surface area contributed by atoms with Gasteiger partial charge in [-0.25, -0.2) is 4.79 Å². The molecule has 1 heterocycles. The second kappa shape index (κ2) is 28.0. The number of ether oxygens (including phenoxy) is 3. The first-order chi connectivity index (χ1) is 41.4. The average molecular weight is 1250 g/mol. The summed E-state index contributed by atoms with van der Waals surface area (Å²) in [5.41, 5.74) is -2.05. The van der Waals surface area contributed by atoms with Crippen LogP contribution in [0.3, 0.4) is 0 Å². The van der Waals surface area contributed by atoms with Gasteiger partial charge in [0.05, 0.1) is 27.3 Å². The lowest BCUT2D eigenvalue weighted by atomic mass is 9.45. The van der Waals surface area contributed by atoms with Gasteiger partial charge in [-0.2, -0.15) is 0 Å². The molecule has 3 saturated carbocycles. The number of alkyl halides is 1. The number of anilines is 1. The number of benzene rings is 3.